The molecule has 4 rings (SSSR count). The number of halogens is 2. The van der Waals surface area contributed by atoms with Crippen LogP contribution in [0.15, 0.2) is 48.5 Å². The summed E-state index contributed by atoms with van der Waals surface area (Å²) in [5.41, 5.74) is 3.21. The van der Waals surface area contributed by atoms with Crippen molar-refractivity contribution in [3.63, 3.8) is 0 Å². The molecule has 39 heavy (non-hydrogen) atoms. The van der Waals surface area contributed by atoms with Crippen LogP contribution in [0, 0.1) is 11.8 Å². The number of likely N-dealkylation sites (N-methyl/N-ethyl adjacent to an activating group) is 1. The van der Waals surface area contributed by atoms with Crippen molar-refractivity contribution in [2.24, 2.45) is 11.8 Å². The van der Waals surface area contributed by atoms with Crippen LogP contribution < -0.4 is 10.6 Å². The highest BCUT2D eigenvalue weighted by Crippen LogP contribution is 2.49. The first-order chi connectivity index (χ1) is 18.7. The number of amides is 1. The zero-order valence-electron chi connectivity index (χ0n) is 25.3. The number of hydrogen-bond acceptors (Lipinski definition) is 2. The molecular weight excluding hydrogens is 523 g/mol. The average Bonchev–Trinajstić information content (AvgIpc) is 2.85. The lowest BCUT2D eigenvalue weighted by Gasteiger charge is -2.49. The second-order valence-corrected chi connectivity index (χ2v) is 12.8. The summed E-state index contributed by atoms with van der Waals surface area (Å²) in [5, 5.41) is 8.21. The van der Waals surface area contributed by atoms with Gasteiger partial charge < -0.3 is 10.6 Å². The van der Waals surface area contributed by atoms with E-state index in [1.165, 1.54) is 43.2 Å². The van der Waals surface area contributed by atoms with Gasteiger partial charge in [-0.2, -0.15) is 0 Å². The lowest BCUT2D eigenvalue weighted by atomic mass is 9.59. The van der Waals surface area contributed by atoms with Crippen molar-refractivity contribution in [3.05, 3.63) is 69.7 Å². The average molecular weight is 576 g/mol. The van der Waals surface area contributed by atoms with E-state index in [1.54, 1.807) is 0 Å². The van der Waals surface area contributed by atoms with Crippen LogP contribution in [0.1, 0.15) is 104 Å². The second-order valence-electron chi connectivity index (χ2n) is 12.0. The Morgan fingerprint density at radius 1 is 0.718 bits per heavy atom. The fourth-order valence-corrected chi connectivity index (χ4v) is 6.71. The van der Waals surface area contributed by atoms with Gasteiger partial charge in [0.25, 0.3) is 0 Å². The summed E-state index contributed by atoms with van der Waals surface area (Å²) in [6.07, 6.45) is 10.6. The summed E-state index contributed by atoms with van der Waals surface area (Å²) in [6.45, 7) is 13.0. The Balaban J connectivity index is 0.000000258. The summed E-state index contributed by atoms with van der Waals surface area (Å²) in [6, 6.07) is 17.4. The van der Waals surface area contributed by atoms with Crippen molar-refractivity contribution in [2.45, 2.75) is 116 Å². The van der Waals surface area contributed by atoms with Gasteiger partial charge in [-0.15, -0.1) is 0 Å². The van der Waals surface area contributed by atoms with Crippen molar-refractivity contribution in [1.29, 1.82) is 0 Å². The summed E-state index contributed by atoms with van der Waals surface area (Å²) < 4.78 is 0. The molecule has 2 aliphatic rings. The molecule has 218 valence electrons. The zero-order valence-corrected chi connectivity index (χ0v) is 26.8. The van der Waals surface area contributed by atoms with Crippen LogP contribution in [0.2, 0.25) is 10.0 Å². The first-order valence-electron chi connectivity index (χ1n) is 15.1. The summed E-state index contributed by atoms with van der Waals surface area (Å²) in [5.74, 6) is 1.30. The van der Waals surface area contributed by atoms with E-state index in [0.717, 1.165) is 41.6 Å². The van der Waals surface area contributed by atoms with Crippen LogP contribution in [-0.2, 0) is 15.6 Å². The van der Waals surface area contributed by atoms with Crippen molar-refractivity contribution < 1.29 is 4.79 Å². The van der Waals surface area contributed by atoms with Crippen molar-refractivity contribution in [3.8, 4) is 0 Å². The van der Waals surface area contributed by atoms with E-state index in [0.29, 0.717) is 17.4 Å². The lowest BCUT2D eigenvalue weighted by Crippen LogP contribution is -2.53. The molecule has 0 aliphatic heterocycles. The van der Waals surface area contributed by atoms with E-state index in [9.17, 15) is 4.79 Å². The van der Waals surface area contributed by atoms with Gasteiger partial charge in [-0.3, -0.25) is 4.79 Å². The number of benzene rings is 2. The standard InChI is InChI=1S/C16H22ClNO.C16H24ClN.C2H6/c1-12(2)10-15(18-11-19)16(8-3-9-16)13-4-6-14(17)7-5-13;1-12(2)11-15(18-3)16(9-4-10-16)13-5-7-14(17)8-6-13;1-2/h4-7,11-12,15H,3,8-10H2,1-2H3,(H,18,19);5-8,12,15,18H,4,9-11H2,1-3H3;1-2H3. The maximum atomic E-state index is 10.9. The predicted molar refractivity (Wildman–Crippen MR) is 170 cm³/mol. The number of rotatable bonds is 11. The van der Waals surface area contributed by atoms with Crippen LogP contribution in [0.25, 0.3) is 0 Å². The van der Waals surface area contributed by atoms with E-state index >= 15 is 0 Å². The van der Waals surface area contributed by atoms with Gasteiger partial charge in [0.05, 0.1) is 0 Å². The Morgan fingerprint density at radius 2 is 1.08 bits per heavy atom. The van der Waals surface area contributed by atoms with Gasteiger partial charge in [-0.05, 0) is 92.8 Å². The molecule has 2 aromatic carbocycles. The summed E-state index contributed by atoms with van der Waals surface area (Å²) >= 11 is 12.0. The van der Waals surface area contributed by atoms with Crippen LogP contribution in [0.5, 0.6) is 0 Å². The third-order valence-electron chi connectivity index (χ3n) is 8.70. The van der Waals surface area contributed by atoms with Gasteiger partial charge >= 0.3 is 0 Å². The molecule has 0 aromatic heterocycles. The van der Waals surface area contributed by atoms with Gasteiger partial charge in [0.2, 0.25) is 6.41 Å². The topological polar surface area (TPSA) is 41.1 Å². The number of carbonyl (C=O) groups is 1. The highest BCUT2D eigenvalue weighted by molar-refractivity contribution is 6.30. The molecule has 2 saturated carbocycles. The monoisotopic (exact) mass is 574 g/mol. The van der Waals surface area contributed by atoms with Crippen LogP contribution >= 0.6 is 23.2 Å². The van der Waals surface area contributed by atoms with Gasteiger partial charge in [-0.1, -0.05) is 102 Å². The smallest absolute Gasteiger partial charge is 0.207 e. The minimum absolute atomic E-state index is 0.107. The van der Waals surface area contributed by atoms with E-state index in [2.05, 4.69) is 69.6 Å². The highest BCUT2D eigenvalue weighted by atomic mass is 35.5. The molecule has 5 heteroatoms. The fraction of sp³-hybridized carbons (Fsp3) is 0.618. The van der Waals surface area contributed by atoms with Gasteiger partial charge in [0, 0.05) is 33.0 Å². The van der Waals surface area contributed by atoms with Crippen LogP contribution in [-0.4, -0.2) is 25.5 Å². The number of nitrogens with one attached hydrogen (secondary N) is 2. The first kappa shape index (κ1) is 33.7. The van der Waals surface area contributed by atoms with Crippen LogP contribution in [0.4, 0.5) is 0 Å². The molecule has 0 bridgehead atoms. The van der Waals surface area contributed by atoms with E-state index in [1.807, 2.05) is 38.1 Å². The minimum atomic E-state index is 0.107. The molecule has 3 nitrogen and oxygen atoms in total. The fourth-order valence-electron chi connectivity index (χ4n) is 6.45. The molecule has 2 fully saturated rings. The molecule has 0 heterocycles. The quantitative estimate of drug-likeness (QED) is 0.262. The number of carbonyl (C=O) groups excluding carboxylic acids is 1. The Bertz CT molecular complexity index is 964. The molecule has 0 spiro atoms. The van der Waals surface area contributed by atoms with Crippen molar-refractivity contribution in [1.82, 2.24) is 10.6 Å². The summed E-state index contributed by atoms with van der Waals surface area (Å²) in [7, 11) is 2.10. The maximum Gasteiger partial charge on any atom is 0.207 e. The third kappa shape index (κ3) is 8.47. The molecule has 2 atom stereocenters. The predicted octanol–water partition coefficient (Wildman–Crippen LogP) is 9.34. The Kier molecular flexibility index (Phi) is 13.8. The second kappa shape index (κ2) is 16.0. The largest absolute Gasteiger partial charge is 0.355 e. The minimum Gasteiger partial charge on any atom is -0.355 e. The molecule has 0 radical (unpaired) electrons. The summed E-state index contributed by atoms with van der Waals surface area (Å²) in [4.78, 5) is 10.9. The molecule has 2 unspecified atom stereocenters. The zero-order chi connectivity index (χ0) is 29.1. The molecule has 0 saturated heterocycles. The van der Waals surface area contributed by atoms with Crippen LogP contribution in [0.3, 0.4) is 0 Å². The SMILES string of the molecule is CC.CC(C)CC(NC=O)C1(c2ccc(Cl)cc2)CCC1.CNC(CC(C)C)C1(c2ccc(Cl)cc2)CCC1. The van der Waals surface area contributed by atoms with Gasteiger partial charge in [0.15, 0.2) is 0 Å². The van der Waals surface area contributed by atoms with Crippen molar-refractivity contribution in [2.75, 3.05) is 7.05 Å². The number of hydrogen-bond donors (Lipinski definition) is 2. The molecule has 2 aliphatic carbocycles. The highest BCUT2D eigenvalue weighted by Gasteiger charge is 2.46. The normalized spacial score (nSPS) is 18.3. The van der Waals surface area contributed by atoms with Gasteiger partial charge in [0.1, 0.15) is 0 Å². The van der Waals surface area contributed by atoms with E-state index in [4.69, 9.17) is 23.2 Å². The molecule has 1 amide bonds. The molecule has 2 N–H and O–H groups in total. The third-order valence-corrected chi connectivity index (χ3v) is 9.20. The van der Waals surface area contributed by atoms with E-state index < -0.39 is 0 Å². The molecular formula is C34H52Cl2N2O. The Labute approximate surface area is 248 Å². The Morgan fingerprint density at radius 3 is 1.36 bits per heavy atom. The molecule has 2 aromatic rings. The van der Waals surface area contributed by atoms with Gasteiger partial charge in [-0.25, -0.2) is 0 Å². The van der Waals surface area contributed by atoms with E-state index in [-0.39, 0.29) is 11.5 Å². The Hall–Kier alpha value is -1.55. The first-order valence-corrected chi connectivity index (χ1v) is 15.8. The maximum absolute atomic E-state index is 10.9. The lowest BCUT2D eigenvalue weighted by molar-refractivity contribution is -0.111. The van der Waals surface area contributed by atoms with Crippen molar-refractivity contribution >= 4 is 29.6 Å².